The van der Waals surface area contributed by atoms with Gasteiger partial charge in [-0.05, 0) is 51.1 Å². The van der Waals surface area contributed by atoms with Crippen LogP contribution in [-0.4, -0.2) is 5.75 Å². The summed E-state index contributed by atoms with van der Waals surface area (Å²) in [5.41, 5.74) is 0. The maximum atomic E-state index is 3.95. The van der Waals surface area contributed by atoms with E-state index in [0.717, 1.165) is 5.75 Å². The summed E-state index contributed by atoms with van der Waals surface area (Å²) in [7, 11) is 0. The van der Waals surface area contributed by atoms with Crippen LogP contribution in [-0.2, 0) is 0 Å². The van der Waals surface area contributed by atoms with Crippen molar-refractivity contribution in [3.8, 4) is 0 Å². The fraction of sp³-hybridized carbons (Fsp3) is 0.0556. The van der Waals surface area contributed by atoms with Crippen LogP contribution >= 0.6 is 11.8 Å². The normalized spacial score (nSPS) is 11.8. The van der Waals surface area contributed by atoms with Crippen molar-refractivity contribution in [1.29, 1.82) is 0 Å². The van der Waals surface area contributed by atoms with Crippen LogP contribution in [0, 0.1) is 6.92 Å². The van der Waals surface area contributed by atoms with Crippen LogP contribution in [0.1, 0.15) is 0 Å². The minimum atomic E-state index is 0.865. The Morgan fingerprint density at radius 1 is 0.737 bits per heavy atom. The molecule has 0 saturated carbocycles. The monoisotopic (exact) mass is 261 g/mol. The highest BCUT2D eigenvalue weighted by molar-refractivity contribution is 7.99. The second kappa shape index (κ2) is 4.14. The summed E-state index contributed by atoms with van der Waals surface area (Å²) in [6.45, 7) is 3.95. The third-order valence-electron chi connectivity index (χ3n) is 3.75. The van der Waals surface area contributed by atoms with E-state index in [2.05, 4.69) is 61.5 Å². The summed E-state index contributed by atoms with van der Waals surface area (Å²) in [6, 6.07) is 19.9. The molecule has 0 aliphatic rings. The lowest BCUT2D eigenvalue weighted by Crippen LogP contribution is -1.85. The SMILES string of the molecule is [CH2]CSc1ccc2ccc3cccc4ccc1c2c34. The zero-order chi connectivity index (χ0) is 12.8. The van der Waals surface area contributed by atoms with Gasteiger partial charge in [-0.1, -0.05) is 48.5 Å². The zero-order valence-electron chi connectivity index (χ0n) is 10.5. The zero-order valence-corrected chi connectivity index (χ0v) is 11.3. The van der Waals surface area contributed by atoms with Crippen molar-refractivity contribution >= 4 is 44.1 Å². The van der Waals surface area contributed by atoms with Crippen molar-refractivity contribution in [3.63, 3.8) is 0 Å². The number of benzene rings is 4. The Labute approximate surface area is 116 Å². The van der Waals surface area contributed by atoms with Gasteiger partial charge in [0.05, 0.1) is 0 Å². The highest BCUT2D eigenvalue weighted by Crippen LogP contribution is 2.38. The molecule has 0 heterocycles. The molecule has 4 aromatic rings. The van der Waals surface area contributed by atoms with Crippen molar-refractivity contribution in [1.82, 2.24) is 0 Å². The van der Waals surface area contributed by atoms with Crippen LogP contribution in [0.2, 0.25) is 0 Å². The first-order chi connectivity index (χ1) is 9.38. The third kappa shape index (κ3) is 1.55. The molecule has 0 N–H and O–H groups in total. The van der Waals surface area contributed by atoms with Crippen molar-refractivity contribution in [2.75, 3.05) is 5.75 Å². The largest absolute Gasteiger partial charge is 0.126 e. The first kappa shape index (κ1) is 11.1. The molecule has 0 fully saturated rings. The van der Waals surface area contributed by atoms with E-state index < -0.39 is 0 Å². The maximum absolute atomic E-state index is 3.95. The van der Waals surface area contributed by atoms with E-state index in [9.17, 15) is 0 Å². The van der Waals surface area contributed by atoms with Gasteiger partial charge in [0, 0.05) is 4.90 Å². The Balaban J connectivity index is 2.28. The Hall–Kier alpha value is -1.73. The predicted molar refractivity (Wildman–Crippen MR) is 86.2 cm³/mol. The molecule has 1 radical (unpaired) electrons. The molecule has 4 rings (SSSR count). The molecule has 0 bridgehead atoms. The summed E-state index contributed by atoms with van der Waals surface area (Å²) < 4.78 is 0. The first-order valence-corrected chi connectivity index (χ1v) is 7.45. The Morgan fingerprint density at radius 3 is 2.11 bits per heavy atom. The van der Waals surface area contributed by atoms with Crippen LogP contribution in [0.15, 0.2) is 59.5 Å². The smallest absolute Gasteiger partial charge is 0.0151 e. The maximum Gasteiger partial charge on any atom is 0.0151 e. The Kier molecular flexibility index (Phi) is 2.42. The third-order valence-corrected chi connectivity index (χ3v) is 4.62. The van der Waals surface area contributed by atoms with Gasteiger partial charge in [-0.2, -0.15) is 0 Å². The lowest BCUT2D eigenvalue weighted by molar-refractivity contribution is 1.56. The fourth-order valence-electron chi connectivity index (χ4n) is 2.94. The molecule has 0 atom stereocenters. The molecule has 0 aromatic heterocycles. The molecular weight excluding hydrogens is 248 g/mol. The van der Waals surface area contributed by atoms with Gasteiger partial charge in [0.25, 0.3) is 0 Å². The first-order valence-electron chi connectivity index (χ1n) is 6.47. The van der Waals surface area contributed by atoms with E-state index in [0.29, 0.717) is 0 Å². The van der Waals surface area contributed by atoms with E-state index in [4.69, 9.17) is 0 Å². The van der Waals surface area contributed by atoms with Crippen LogP contribution in [0.5, 0.6) is 0 Å². The molecule has 0 saturated heterocycles. The topological polar surface area (TPSA) is 0 Å². The van der Waals surface area contributed by atoms with Crippen LogP contribution in [0.4, 0.5) is 0 Å². The van der Waals surface area contributed by atoms with E-state index >= 15 is 0 Å². The Bertz CT molecular complexity index is 861. The average Bonchev–Trinajstić information content (AvgIpc) is 2.46. The fourth-order valence-corrected chi connectivity index (χ4v) is 3.65. The molecule has 19 heavy (non-hydrogen) atoms. The lowest BCUT2D eigenvalue weighted by atomic mass is 9.94. The van der Waals surface area contributed by atoms with Gasteiger partial charge in [0.2, 0.25) is 0 Å². The lowest BCUT2D eigenvalue weighted by Gasteiger charge is -2.13. The second-order valence-electron chi connectivity index (χ2n) is 4.77. The summed E-state index contributed by atoms with van der Waals surface area (Å²) in [4.78, 5) is 1.33. The number of hydrogen-bond donors (Lipinski definition) is 0. The van der Waals surface area contributed by atoms with E-state index in [1.807, 2.05) is 11.8 Å². The summed E-state index contributed by atoms with van der Waals surface area (Å²) in [6.07, 6.45) is 0. The molecule has 0 spiro atoms. The highest BCUT2D eigenvalue weighted by atomic mass is 32.2. The van der Waals surface area contributed by atoms with Gasteiger partial charge in [-0.25, -0.2) is 0 Å². The van der Waals surface area contributed by atoms with E-state index in [1.165, 1.54) is 37.2 Å². The number of thioether (sulfide) groups is 1. The quantitative estimate of drug-likeness (QED) is 0.338. The summed E-state index contributed by atoms with van der Waals surface area (Å²) in [5, 5.41) is 8.13. The molecule has 4 aromatic carbocycles. The number of hydrogen-bond acceptors (Lipinski definition) is 1. The van der Waals surface area contributed by atoms with Crippen molar-refractivity contribution in [3.05, 3.63) is 61.5 Å². The van der Waals surface area contributed by atoms with Crippen molar-refractivity contribution in [2.24, 2.45) is 0 Å². The summed E-state index contributed by atoms with van der Waals surface area (Å²) >= 11 is 1.82. The van der Waals surface area contributed by atoms with E-state index in [-0.39, 0.29) is 0 Å². The Morgan fingerprint density at radius 2 is 1.37 bits per heavy atom. The molecule has 0 aliphatic heterocycles. The summed E-state index contributed by atoms with van der Waals surface area (Å²) in [5.74, 6) is 0.865. The van der Waals surface area contributed by atoms with Gasteiger partial charge < -0.3 is 0 Å². The number of rotatable bonds is 2. The molecule has 0 nitrogen and oxygen atoms in total. The van der Waals surface area contributed by atoms with E-state index in [1.54, 1.807) is 0 Å². The second-order valence-corrected chi connectivity index (χ2v) is 5.90. The minimum absolute atomic E-state index is 0.865. The van der Waals surface area contributed by atoms with Gasteiger partial charge >= 0.3 is 0 Å². The van der Waals surface area contributed by atoms with Crippen molar-refractivity contribution in [2.45, 2.75) is 4.90 Å². The minimum Gasteiger partial charge on any atom is -0.126 e. The van der Waals surface area contributed by atoms with Gasteiger partial charge in [-0.3, -0.25) is 0 Å². The molecule has 0 amide bonds. The van der Waals surface area contributed by atoms with Gasteiger partial charge in [0.15, 0.2) is 0 Å². The molecule has 0 unspecified atom stereocenters. The standard InChI is InChI=1S/C18H13S/c1-2-19-16-11-9-14-7-6-12-4-3-5-13-8-10-15(16)18(14)17(12)13/h3-11H,1-2H2. The highest BCUT2D eigenvalue weighted by Gasteiger charge is 2.10. The average molecular weight is 261 g/mol. The predicted octanol–water partition coefficient (Wildman–Crippen LogP) is 5.51. The molecule has 0 aliphatic carbocycles. The van der Waals surface area contributed by atoms with Crippen LogP contribution in [0.25, 0.3) is 32.3 Å². The molecule has 91 valence electrons. The van der Waals surface area contributed by atoms with Gasteiger partial charge in [0.1, 0.15) is 0 Å². The molecule has 1 heteroatoms. The van der Waals surface area contributed by atoms with Crippen LogP contribution < -0.4 is 0 Å². The molecular formula is C18H13S. The van der Waals surface area contributed by atoms with Gasteiger partial charge in [-0.15, -0.1) is 11.8 Å². The van der Waals surface area contributed by atoms with Crippen LogP contribution in [0.3, 0.4) is 0 Å². The van der Waals surface area contributed by atoms with Crippen molar-refractivity contribution < 1.29 is 0 Å².